The molecule has 0 aliphatic heterocycles. The lowest BCUT2D eigenvalue weighted by atomic mass is 9.93. The van der Waals surface area contributed by atoms with E-state index in [2.05, 4.69) is 5.32 Å². The van der Waals surface area contributed by atoms with E-state index >= 15 is 0 Å². The third-order valence-electron chi connectivity index (χ3n) is 5.58. The Morgan fingerprint density at radius 2 is 1.51 bits per heavy atom. The molecule has 3 aromatic carbocycles. The lowest BCUT2D eigenvalue weighted by Crippen LogP contribution is -2.40. The third kappa shape index (κ3) is 8.36. The third-order valence-corrected chi connectivity index (χ3v) is 5.80. The van der Waals surface area contributed by atoms with Gasteiger partial charge in [0.05, 0.1) is 23.8 Å². The molecule has 3 rings (SSSR count). The largest absolute Gasteiger partial charge is 0.416 e. The first-order valence-corrected chi connectivity index (χ1v) is 11.7. The zero-order valence-electron chi connectivity index (χ0n) is 20.3. The molecular weight excluding hydrogens is 595 g/mol. The van der Waals surface area contributed by atoms with Crippen molar-refractivity contribution < 1.29 is 54.2 Å². The summed E-state index contributed by atoms with van der Waals surface area (Å²) in [5.74, 6) is -2.04. The topological polar surface area (TPSA) is 78.4 Å². The van der Waals surface area contributed by atoms with Crippen molar-refractivity contribution in [3.05, 3.63) is 87.9 Å². The van der Waals surface area contributed by atoms with Crippen LogP contribution in [0.25, 0.3) is 16.3 Å². The van der Waals surface area contributed by atoms with Crippen LogP contribution in [0.1, 0.15) is 33.2 Å². The summed E-state index contributed by atoms with van der Waals surface area (Å²) in [7, 11) is 0. The molecule has 41 heavy (non-hydrogen) atoms. The van der Waals surface area contributed by atoms with Gasteiger partial charge in [-0.05, 0) is 52.2 Å². The number of alkyl halides is 9. The summed E-state index contributed by atoms with van der Waals surface area (Å²) in [5.41, 5.74) is -4.25. The molecule has 3 N–H and O–H groups in total. The molecule has 0 aliphatic rings. The number of benzene rings is 3. The highest BCUT2D eigenvalue weighted by Crippen LogP contribution is 2.40. The van der Waals surface area contributed by atoms with Crippen LogP contribution < -0.4 is 10.6 Å². The van der Waals surface area contributed by atoms with Gasteiger partial charge in [-0.3, -0.25) is 9.59 Å². The number of aliphatic hydroxyl groups excluding tert-OH is 1. The standard InChI is InChI=1S/C26H18ClF9N2O3/c27-15-8-13(7-14(9-15)25(31,32)33)20(26(34,35)36)10-21(39)18-5-6-19(17-4-2-1-3-16(17)18)23(41)37-11-22(40)38-12-24(28,29)30/h1-10,21,39H,11-12H2,(H,37,41)(H,38,40)/b20-10-. The number of rotatable bonds is 7. The number of amides is 2. The maximum Gasteiger partial charge on any atom is 0.416 e. The molecule has 0 bridgehead atoms. The van der Waals surface area contributed by atoms with E-state index in [-0.39, 0.29) is 28.0 Å². The van der Waals surface area contributed by atoms with Crippen molar-refractivity contribution in [1.29, 1.82) is 0 Å². The summed E-state index contributed by atoms with van der Waals surface area (Å²) < 4.78 is 118. The lowest BCUT2D eigenvalue weighted by molar-refractivity contribution is -0.137. The quantitative estimate of drug-likeness (QED) is 0.263. The second-order valence-electron chi connectivity index (χ2n) is 8.57. The number of hydrogen-bond donors (Lipinski definition) is 3. The van der Waals surface area contributed by atoms with Crippen LogP contribution in [0.5, 0.6) is 0 Å². The monoisotopic (exact) mass is 612 g/mol. The molecule has 1 unspecified atom stereocenters. The van der Waals surface area contributed by atoms with Gasteiger partial charge in [0.25, 0.3) is 5.91 Å². The number of halogens is 10. The van der Waals surface area contributed by atoms with Gasteiger partial charge in [-0.2, -0.15) is 39.5 Å². The first-order valence-electron chi connectivity index (χ1n) is 11.4. The number of nitrogens with one attached hydrogen (secondary N) is 2. The fourth-order valence-electron chi connectivity index (χ4n) is 3.81. The number of carbonyl (C=O) groups excluding carboxylic acids is 2. The fourth-order valence-corrected chi connectivity index (χ4v) is 4.04. The number of aliphatic hydroxyl groups is 1. The Labute approximate surface area is 230 Å². The number of carbonyl (C=O) groups is 2. The Bertz CT molecular complexity index is 1480. The van der Waals surface area contributed by atoms with Crippen molar-refractivity contribution in [2.45, 2.75) is 24.6 Å². The van der Waals surface area contributed by atoms with Gasteiger partial charge in [-0.15, -0.1) is 0 Å². The minimum absolute atomic E-state index is 0.0778. The molecule has 0 saturated carbocycles. The first kappa shape index (κ1) is 31.7. The van der Waals surface area contributed by atoms with Crippen molar-refractivity contribution in [3.63, 3.8) is 0 Å². The Morgan fingerprint density at radius 3 is 2.10 bits per heavy atom. The SMILES string of the molecule is O=C(CNC(=O)c1ccc(C(O)/C=C(/c2cc(Cl)cc(C(F)(F)F)c2)C(F)(F)F)c2ccccc12)NCC(F)(F)F. The van der Waals surface area contributed by atoms with Crippen molar-refractivity contribution in [2.75, 3.05) is 13.1 Å². The predicted octanol–water partition coefficient (Wildman–Crippen LogP) is 6.60. The van der Waals surface area contributed by atoms with Gasteiger partial charge >= 0.3 is 18.5 Å². The molecule has 0 saturated heterocycles. The van der Waals surface area contributed by atoms with Crippen LogP contribution in [-0.4, -0.2) is 42.4 Å². The van der Waals surface area contributed by atoms with Crippen LogP contribution in [0.4, 0.5) is 39.5 Å². The average Bonchev–Trinajstić information content (AvgIpc) is 2.86. The Balaban J connectivity index is 1.97. The zero-order valence-corrected chi connectivity index (χ0v) is 21.1. The Kier molecular flexibility index (Phi) is 9.28. The number of hydrogen-bond acceptors (Lipinski definition) is 3. The van der Waals surface area contributed by atoms with Gasteiger partial charge in [-0.1, -0.05) is 41.9 Å². The fraction of sp³-hybridized carbons (Fsp3) is 0.231. The van der Waals surface area contributed by atoms with E-state index < -0.39 is 71.3 Å². The number of allylic oxidation sites excluding steroid dienone is 1. The highest BCUT2D eigenvalue weighted by molar-refractivity contribution is 6.30. The van der Waals surface area contributed by atoms with E-state index in [4.69, 9.17) is 11.6 Å². The molecule has 220 valence electrons. The van der Waals surface area contributed by atoms with Crippen LogP contribution >= 0.6 is 11.6 Å². The van der Waals surface area contributed by atoms with Crippen LogP contribution in [0, 0.1) is 0 Å². The Morgan fingerprint density at radius 1 is 0.878 bits per heavy atom. The second-order valence-corrected chi connectivity index (χ2v) is 9.01. The van der Waals surface area contributed by atoms with Crippen molar-refractivity contribution in [1.82, 2.24) is 10.6 Å². The normalized spacial score (nSPS) is 13.7. The highest BCUT2D eigenvalue weighted by Gasteiger charge is 2.38. The number of fused-ring (bicyclic) bond motifs is 1. The molecule has 15 heteroatoms. The minimum Gasteiger partial charge on any atom is -0.384 e. The maximum atomic E-state index is 13.9. The van der Waals surface area contributed by atoms with Gasteiger partial charge in [-0.25, -0.2) is 0 Å². The molecule has 3 aromatic rings. The smallest absolute Gasteiger partial charge is 0.384 e. The molecular formula is C26H18ClF9N2O3. The summed E-state index contributed by atoms with van der Waals surface area (Å²) >= 11 is 5.64. The molecule has 0 spiro atoms. The van der Waals surface area contributed by atoms with Crippen LogP contribution in [0.15, 0.2) is 60.7 Å². The summed E-state index contributed by atoms with van der Waals surface area (Å²) in [5, 5.41) is 14.0. The molecule has 0 radical (unpaired) electrons. The molecule has 2 amide bonds. The molecule has 0 aromatic heterocycles. The van der Waals surface area contributed by atoms with Crippen LogP contribution in [0.2, 0.25) is 5.02 Å². The second kappa shape index (κ2) is 12.0. The van der Waals surface area contributed by atoms with Gasteiger partial charge in [0.1, 0.15) is 6.54 Å². The molecule has 0 heterocycles. The predicted molar refractivity (Wildman–Crippen MR) is 131 cm³/mol. The lowest BCUT2D eigenvalue weighted by Gasteiger charge is -2.18. The summed E-state index contributed by atoms with van der Waals surface area (Å²) in [6, 6.07) is 9.16. The van der Waals surface area contributed by atoms with Crippen molar-refractivity contribution in [3.8, 4) is 0 Å². The average molecular weight is 613 g/mol. The van der Waals surface area contributed by atoms with Gasteiger partial charge in [0, 0.05) is 10.6 Å². The summed E-state index contributed by atoms with van der Waals surface area (Å²) in [6.45, 7) is -2.43. The van der Waals surface area contributed by atoms with Gasteiger partial charge in [0.2, 0.25) is 5.91 Å². The van der Waals surface area contributed by atoms with Gasteiger partial charge in [0.15, 0.2) is 0 Å². The van der Waals surface area contributed by atoms with Crippen LogP contribution in [-0.2, 0) is 11.0 Å². The van der Waals surface area contributed by atoms with Crippen LogP contribution in [0.3, 0.4) is 0 Å². The summed E-state index contributed by atoms with van der Waals surface area (Å²) in [4.78, 5) is 24.2. The van der Waals surface area contributed by atoms with E-state index in [1.165, 1.54) is 24.3 Å². The zero-order chi connectivity index (χ0) is 30.8. The maximum absolute atomic E-state index is 13.9. The van der Waals surface area contributed by atoms with E-state index in [1.54, 1.807) is 5.32 Å². The molecule has 5 nitrogen and oxygen atoms in total. The van der Waals surface area contributed by atoms with E-state index in [0.717, 1.165) is 12.1 Å². The van der Waals surface area contributed by atoms with E-state index in [9.17, 15) is 54.2 Å². The molecule has 0 fully saturated rings. The van der Waals surface area contributed by atoms with Crippen molar-refractivity contribution in [2.24, 2.45) is 0 Å². The highest BCUT2D eigenvalue weighted by atomic mass is 35.5. The minimum atomic E-state index is -5.21. The Hall–Kier alpha value is -3.78. The summed E-state index contributed by atoms with van der Waals surface area (Å²) in [6.07, 6.45) is -16.6. The first-order chi connectivity index (χ1) is 18.9. The molecule has 1 atom stereocenters. The van der Waals surface area contributed by atoms with Crippen molar-refractivity contribution >= 4 is 39.8 Å². The van der Waals surface area contributed by atoms with Gasteiger partial charge < -0.3 is 15.7 Å². The molecule has 0 aliphatic carbocycles. The van der Waals surface area contributed by atoms with E-state index in [0.29, 0.717) is 18.2 Å². The van der Waals surface area contributed by atoms with E-state index in [1.807, 2.05) is 0 Å².